The van der Waals surface area contributed by atoms with Crippen molar-refractivity contribution in [1.82, 2.24) is 4.98 Å². The van der Waals surface area contributed by atoms with E-state index < -0.39 is 0 Å². The number of pyridine rings is 1. The van der Waals surface area contributed by atoms with E-state index in [1.807, 2.05) is 54.6 Å². The summed E-state index contributed by atoms with van der Waals surface area (Å²) in [6, 6.07) is 19.6. The molecule has 0 amide bonds. The van der Waals surface area contributed by atoms with Crippen molar-refractivity contribution in [2.75, 3.05) is 12.8 Å². The molecular formula is C20H14N4O. The molecular weight excluding hydrogens is 312 g/mol. The van der Waals surface area contributed by atoms with Crippen LogP contribution in [0.25, 0.3) is 27.1 Å². The van der Waals surface area contributed by atoms with Crippen LogP contribution in [0.1, 0.15) is 5.56 Å². The molecule has 0 spiro atoms. The monoisotopic (exact) mass is 326 g/mol. The summed E-state index contributed by atoms with van der Waals surface area (Å²) in [4.78, 5) is 7.51. The van der Waals surface area contributed by atoms with Gasteiger partial charge >= 0.3 is 0 Å². The Morgan fingerprint density at radius 3 is 2.40 bits per heavy atom. The first-order chi connectivity index (χ1) is 12.2. The number of nitrogen functional groups attached to an aromatic ring is 1. The highest BCUT2D eigenvalue weighted by atomic mass is 16.5. The fourth-order valence-electron chi connectivity index (χ4n) is 2.70. The summed E-state index contributed by atoms with van der Waals surface area (Å²) in [5.74, 6) is 0.165. The molecule has 2 aromatic carbocycles. The van der Waals surface area contributed by atoms with Gasteiger partial charge in [-0.25, -0.2) is 9.83 Å². The molecule has 2 N–H and O–H groups in total. The van der Waals surface area contributed by atoms with Gasteiger partial charge in [0.15, 0.2) is 0 Å². The van der Waals surface area contributed by atoms with Crippen molar-refractivity contribution >= 4 is 11.5 Å². The SMILES string of the molecule is [C-]#[N+]c1c(N)nc(OC)c(C#N)c1-c1cccc(-c2ccccc2)c1. The van der Waals surface area contributed by atoms with E-state index in [1.54, 1.807) is 0 Å². The van der Waals surface area contributed by atoms with Crippen LogP contribution in [0.15, 0.2) is 54.6 Å². The highest BCUT2D eigenvalue weighted by Gasteiger charge is 2.21. The third-order valence-corrected chi connectivity index (χ3v) is 3.84. The van der Waals surface area contributed by atoms with E-state index in [9.17, 15) is 5.26 Å². The smallest absolute Gasteiger partial charge is 0.237 e. The second-order valence-corrected chi connectivity index (χ2v) is 5.28. The molecule has 0 fully saturated rings. The molecule has 1 heterocycles. The van der Waals surface area contributed by atoms with E-state index in [2.05, 4.69) is 15.9 Å². The van der Waals surface area contributed by atoms with Crippen LogP contribution in [0.4, 0.5) is 11.5 Å². The molecule has 0 aliphatic carbocycles. The summed E-state index contributed by atoms with van der Waals surface area (Å²) in [5.41, 5.74) is 9.45. The molecule has 0 atom stereocenters. The molecule has 3 rings (SSSR count). The lowest BCUT2D eigenvalue weighted by Crippen LogP contribution is -2.00. The lowest BCUT2D eigenvalue weighted by atomic mass is 9.95. The topological polar surface area (TPSA) is 76.3 Å². The maximum atomic E-state index is 9.58. The average molecular weight is 326 g/mol. The predicted octanol–water partition coefficient (Wildman–Crippen LogP) is 4.43. The first-order valence-corrected chi connectivity index (χ1v) is 7.50. The Morgan fingerprint density at radius 2 is 1.76 bits per heavy atom. The van der Waals surface area contributed by atoms with Crippen molar-refractivity contribution in [2.45, 2.75) is 0 Å². The molecule has 5 nitrogen and oxygen atoms in total. The Hall–Kier alpha value is -3.83. The Balaban J connectivity index is 2.29. The largest absolute Gasteiger partial charge is 0.480 e. The van der Waals surface area contributed by atoms with Crippen LogP contribution in [0, 0.1) is 17.9 Å². The van der Waals surface area contributed by atoms with Crippen LogP contribution in [0.3, 0.4) is 0 Å². The van der Waals surface area contributed by atoms with Gasteiger partial charge in [0.25, 0.3) is 0 Å². The van der Waals surface area contributed by atoms with Crippen LogP contribution in [0.2, 0.25) is 0 Å². The lowest BCUT2D eigenvalue weighted by Gasteiger charge is -2.13. The van der Waals surface area contributed by atoms with Crippen molar-refractivity contribution in [3.05, 3.63) is 71.6 Å². The van der Waals surface area contributed by atoms with Crippen molar-refractivity contribution in [3.8, 4) is 34.2 Å². The van der Waals surface area contributed by atoms with E-state index >= 15 is 0 Å². The number of nitrogens with zero attached hydrogens (tertiary/aromatic N) is 3. The zero-order valence-electron chi connectivity index (χ0n) is 13.5. The van der Waals surface area contributed by atoms with Gasteiger partial charge in [0, 0.05) is 5.56 Å². The molecule has 0 aliphatic heterocycles. The fraction of sp³-hybridized carbons (Fsp3) is 0.0500. The van der Waals surface area contributed by atoms with Gasteiger partial charge in [0.05, 0.1) is 13.7 Å². The highest BCUT2D eigenvalue weighted by molar-refractivity contribution is 5.91. The minimum Gasteiger partial charge on any atom is -0.480 e. The number of methoxy groups -OCH3 is 1. The summed E-state index contributed by atoms with van der Waals surface area (Å²) < 4.78 is 5.18. The number of hydrogen-bond donors (Lipinski definition) is 1. The van der Waals surface area contributed by atoms with Crippen LogP contribution in [-0.2, 0) is 0 Å². The average Bonchev–Trinajstić information content (AvgIpc) is 2.67. The van der Waals surface area contributed by atoms with Gasteiger partial charge in [0.1, 0.15) is 17.5 Å². The molecule has 1 aromatic heterocycles. The Morgan fingerprint density at radius 1 is 1.08 bits per heavy atom. The molecule has 3 aromatic rings. The van der Waals surface area contributed by atoms with Gasteiger partial charge in [-0.2, -0.15) is 5.26 Å². The second kappa shape index (κ2) is 6.74. The molecule has 0 unspecified atom stereocenters. The molecule has 0 aliphatic rings. The summed E-state index contributed by atoms with van der Waals surface area (Å²) in [5, 5.41) is 9.58. The Kier molecular flexibility index (Phi) is 4.32. The van der Waals surface area contributed by atoms with E-state index in [0.29, 0.717) is 5.56 Å². The van der Waals surface area contributed by atoms with Gasteiger partial charge in [-0.15, -0.1) is 0 Å². The van der Waals surface area contributed by atoms with Crippen molar-refractivity contribution in [1.29, 1.82) is 5.26 Å². The Labute approximate surface area is 145 Å². The van der Waals surface area contributed by atoms with Gasteiger partial charge in [-0.05, 0) is 22.8 Å². The van der Waals surface area contributed by atoms with Crippen molar-refractivity contribution < 1.29 is 4.74 Å². The van der Waals surface area contributed by atoms with Crippen molar-refractivity contribution in [2.24, 2.45) is 0 Å². The second-order valence-electron chi connectivity index (χ2n) is 5.28. The van der Waals surface area contributed by atoms with Gasteiger partial charge in [-0.1, -0.05) is 48.5 Å². The molecule has 0 saturated heterocycles. The van der Waals surface area contributed by atoms with Gasteiger partial charge < -0.3 is 10.5 Å². The first-order valence-electron chi connectivity index (χ1n) is 7.50. The fourth-order valence-corrected chi connectivity index (χ4v) is 2.70. The number of aromatic nitrogens is 1. The zero-order chi connectivity index (χ0) is 17.8. The maximum Gasteiger partial charge on any atom is 0.237 e. The molecule has 0 bridgehead atoms. The number of nitriles is 1. The summed E-state index contributed by atoms with van der Waals surface area (Å²) >= 11 is 0. The van der Waals surface area contributed by atoms with E-state index in [-0.39, 0.29) is 22.9 Å². The lowest BCUT2D eigenvalue weighted by molar-refractivity contribution is 0.397. The number of anilines is 1. The normalized spacial score (nSPS) is 9.88. The molecule has 120 valence electrons. The van der Waals surface area contributed by atoms with Crippen LogP contribution >= 0.6 is 0 Å². The molecule has 5 heteroatoms. The zero-order valence-corrected chi connectivity index (χ0v) is 13.5. The first kappa shape index (κ1) is 16.0. The molecule has 0 saturated carbocycles. The summed E-state index contributed by atoms with van der Waals surface area (Å²) in [6.07, 6.45) is 0. The predicted molar refractivity (Wildman–Crippen MR) is 97.1 cm³/mol. The Bertz CT molecular complexity index is 1010. The van der Waals surface area contributed by atoms with E-state index in [4.69, 9.17) is 17.0 Å². The maximum absolute atomic E-state index is 9.58. The van der Waals surface area contributed by atoms with Crippen LogP contribution < -0.4 is 10.5 Å². The number of benzene rings is 2. The molecule has 25 heavy (non-hydrogen) atoms. The number of nitrogens with two attached hydrogens (primary N) is 1. The highest BCUT2D eigenvalue weighted by Crippen LogP contribution is 2.41. The summed E-state index contributed by atoms with van der Waals surface area (Å²) in [7, 11) is 1.42. The third kappa shape index (κ3) is 2.87. The minimum atomic E-state index is 0.0472. The summed E-state index contributed by atoms with van der Waals surface area (Å²) in [6.45, 7) is 7.45. The quantitative estimate of drug-likeness (QED) is 0.722. The molecule has 0 radical (unpaired) electrons. The van der Waals surface area contributed by atoms with Crippen molar-refractivity contribution in [3.63, 3.8) is 0 Å². The van der Waals surface area contributed by atoms with Gasteiger partial charge in [-0.3, -0.25) is 0 Å². The van der Waals surface area contributed by atoms with Crippen LogP contribution in [0.5, 0.6) is 5.88 Å². The van der Waals surface area contributed by atoms with Gasteiger partial charge in [0.2, 0.25) is 11.6 Å². The minimum absolute atomic E-state index is 0.0472. The van der Waals surface area contributed by atoms with E-state index in [1.165, 1.54) is 7.11 Å². The van der Waals surface area contributed by atoms with Crippen LogP contribution in [-0.4, -0.2) is 12.1 Å². The van der Waals surface area contributed by atoms with E-state index in [0.717, 1.165) is 16.7 Å². The number of hydrogen-bond acceptors (Lipinski definition) is 4. The number of ether oxygens (including phenoxy) is 1. The third-order valence-electron chi connectivity index (χ3n) is 3.84. The standard InChI is InChI=1S/C20H14N4O/c1-23-18-17(16(12-21)20(25-2)24-19(18)22)15-10-6-9-14(11-15)13-7-4-3-5-8-13/h3-11H,2H3,(H2,22,24). The number of rotatable bonds is 3.